The Morgan fingerprint density at radius 3 is 2.63 bits per heavy atom. The quantitative estimate of drug-likeness (QED) is 0.759. The average molecular weight is 404 g/mol. The fourth-order valence-electron chi connectivity index (χ4n) is 1.81. The molecule has 0 radical (unpaired) electrons. The summed E-state index contributed by atoms with van der Waals surface area (Å²) in [4.78, 5) is 3.48. The van der Waals surface area contributed by atoms with E-state index in [-0.39, 0.29) is 0 Å². The molecule has 0 aliphatic carbocycles. The van der Waals surface area contributed by atoms with Gasteiger partial charge in [0.1, 0.15) is 0 Å². The highest BCUT2D eigenvalue weighted by molar-refractivity contribution is 9.13. The Labute approximate surface area is 135 Å². The molecule has 2 aromatic rings. The lowest BCUT2D eigenvalue weighted by molar-refractivity contribution is 0.402. The summed E-state index contributed by atoms with van der Waals surface area (Å²) in [5.41, 5.74) is 2.49. The monoisotopic (exact) mass is 402 g/mol. The van der Waals surface area contributed by atoms with Crippen molar-refractivity contribution < 1.29 is 0 Å². The standard InChI is InChI=1S/C14H16Br2N2S/c1-18(2)9-10-4-3-5-11(6-10)17-8-12-7-13(15)14(16)19-12/h3-7,17H,8-9H2,1-2H3. The third kappa shape index (κ3) is 4.60. The van der Waals surface area contributed by atoms with Gasteiger partial charge in [-0.15, -0.1) is 11.3 Å². The average Bonchev–Trinajstić information content (AvgIpc) is 2.66. The second kappa shape index (κ2) is 6.88. The maximum Gasteiger partial charge on any atom is 0.0843 e. The van der Waals surface area contributed by atoms with Crippen LogP contribution in [0, 0.1) is 0 Å². The van der Waals surface area contributed by atoms with E-state index >= 15 is 0 Å². The van der Waals surface area contributed by atoms with Gasteiger partial charge < -0.3 is 10.2 Å². The van der Waals surface area contributed by atoms with Gasteiger partial charge in [-0.25, -0.2) is 0 Å². The molecule has 0 aliphatic heterocycles. The molecule has 1 aromatic carbocycles. The highest BCUT2D eigenvalue weighted by Crippen LogP contribution is 2.32. The van der Waals surface area contributed by atoms with E-state index in [9.17, 15) is 0 Å². The SMILES string of the molecule is CN(C)Cc1cccc(NCc2cc(Br)c(Br)s2)c1. The number of benzene rings is 1. The summed E-state index contributed by atoms with van der Waals surface area (Å²) in [6, 6.07) is 10.7. The lowest BCUT2D eigenvalue weighted by Crippen LogP contribution is -2.10. The van der Waals surface area contributed by atoms with Crippen LogP contribution in [0.4, 0.5) is 5.69 Å². The minimum absolute atomic E-state index is 0.848. The van der Waals surface area contributed by atoms with Crippen LogP contribution in [0.25, 0.3) is 0 Å². The lowest BCUT2D eigenvalue weighted by atomic mass is 10.2. The van der Waals surface area contributed by atoms with Gasteiger partial charge in [-0.05, 0) is 69.7 Å². The van der Waals surface area contributed by atoms with Crippen LogP contribution in [-0.4, -0.2) is 19.0 Å². The second-order valence-corrected chi connectivity index (χ2v) is 7.94. The first-order valence-corrected chi connectivity index (χ1v) is 8.36. The molecular formula is C14H16Br2N2S. The zero-order valence-electron chi connectivity index (χ0n) is 10.9. The maximum absolute atomic E-state index is 3.52. The van der Waals surface area contributed by atoms with E-state index in [0.717, 1.165) is 21.3 Å². The molecule has 0 bridgehead atoms. The number of hydrogen-bond acceptors (Lipinski definition) is 3. The third-order valence-electron chi connectivity index (χ3n) is 2.59. The van der Waals surface area contributed by atoms with Crippen LogP contribution in [-0.2, 0) is 13.1 Å². The molecular weight excluding hydrogens is 388 g/mol. The predicted octanol–water partition coefficient (Wildman–Crippen LogP) is 4.95. The van der Waals surface area contributed by atoms with Crippen molar-refractivity contribution in [3.8, 4) is 0 Å². The summed E-state index contributed by atoms with van der Waals surface area (Å²) in [7, 11) is 4.17. The molecule has 19 heavy (non-hydrogen) atoms. The largest absolute Gasteiger partial charge is 0.380 e. The molecule has 1 aromatic heterocycles. The van der Waals surface area contributed by atoms with Gasteiger partial charge in [-0.1, -0.05) is 12.1 Å². The highest BCUT2D eigenvalue weighted by atomic mass is 79.9. The van der Waals surface area contributed by atoms with Crippen molar-refractivity contribution in [2.24, 2.45) is 0 Å². The Hall–Kier alpha value is -0.360. The molecule has 0 fully saturated rings. The van der Waals surface area contributed by atoms with Gasteiger partial charge in [0.2, 0.25) is 0 Å². The number of nitrogens with zero attached hydrogens (tertiary/aromatic N) is 1. The molecule has 0 amide bonds. The number of thiophene rings is 1. The summed E-state index contributed by atoms with van der Waals surface area (Å²) >= 11 is 8.78. The topological polar surface area (TPSA) is 15.3 Å². The third-order valence-corrected chi connectivity index (χ3v) is 5.84. The van der Waals surface area contributed by atoms with E-state index in [4.69, 9.17) is 0 Å². The van der Waals surface area contributed by atoms with Gasteiger partial charge in [-0.3, -0.25) is 0 Å². The summed E-state index contributed by atoms with van der Waals surface area (Å²) < 4.78 is 2.27. The zero-order valence-corrected chi connectivity index (χ0v) is 14.9. The van der Waals surface area contributed by atoms with Gasteiger partial charge in [-0.2, -0.15) is 0 Å². The maximum atomic E-state index is 3.52. The van der Waals surface area contributed by atoms with Crippen molar-refractivity contribution in [1.82, 2.24) is 4.90 Å². The van der Waals surface area contributed by atoms with Gasteiger partial charge in [0, 0.05) is 28.1 Å². The minimum atomic E-state index is 0.848. The Kier molecular flexibility index (Phi) is 5.45. The zero-order chi connectivity index (χ0) is 13.8. The highest BCUT2D eigenvalue weighted by Gasteiger charge is 2.04. The number of nitrogens with one attached hydrogen (secondary N) is 1. The fraction of sp³-hybridized carbons (Fsp3) is 0.286. The Morgan fingerprint density at radius 1 is 1.21 bits per heavy atom. The number of halogens is 2. The Morgan fingerprint density at radius 2 is 2.00 bits per heavy atom. The van der Waals surface area contributed by atoms with Crippen LogP contribution in [0.1, 0.15) is 10.4 Å². The van der Waals surface area contributed by atoms with Crippen molar-refractivity contribution >= 4 is 48.9 Å². The Balaban J connectivity index is 1.99. The minimum Gasteiger partial charge on any atom is -0.380 e. The van der Waals surface area contributed by atoms with E-state index in [1.54, 1.807) is 11.3 Å². The van der Waals surface area contributed by atoms with Gasteiger partial charge in [0.05, 0.1) is 3.79 Å². The van der Waals surface area contributed by atoms with E-state index < -0.39 is 0 Å². The van der Waals surface area contributed by atoms with Crippen LogP contribution in [0.15, 0.2) is 38.6 Å². The molecule has 0 unspecified atom stereocenters. The molecule has 0 atom stereocenters. The number of rotatable bonds is 5. The molecule has 102 valence electrons. The second-order valence-electron chi connectivity index (χ2n) is 4.63. The molecule has 0 saturated carbocycles. The first kappa shape index (κ1) is 15.0. The molecule has 5 heteroatoms. The summed E-state index contributed by atoms with van der Waals surface area (Å²) in [6.07, 6.45) is 0. The van der Waals surface area contributed by atoms with Crippen molar-refractivity contribution in [2.45, 2.75) is 13.1 Å². The van der Waals surface area contributed by atoms with E-state index in [2.05, 4.69) is 86.5 Å². The normalized spacial score (nSPS) is 11.0. The van der Waals surface area contributed by atoms with Crippen LogP contribution in [0.2, 0.25) is 0 Å². The summed E-state index contributed by atoms with van der Waals surface area (Å²) in [6.45, 7) is 1.81. The van der Waals surface area contributed by atoms with Crippen molar-refractivity contribution in [1.29, 1.82) is 0 Å². The van der Waals surface area contributed by atoms with Crippen LogP contribution in [0.5, 0.6) is 0 Å². The predicted molar refractivity (Wildman–Crippen MR) is 90.9 cm³/mol. The molecule has 0 aliphatic rings. The fourth-order valence-corrected chi connectivity index (χ4v) is 3.93. The molecule has 0 saturated heterocycles. The first-order chi connectivity index (χ1) is 9.04. The summed E-state index contributed by atoms with van der Waals surface area (Å²) in [5, 5.41) is 3.47. The van der Waals surface area contributed by atoms with Crippen LogP contribution >= 0.6 is 43.2 Å². The molecule has 1 heterocycles. The Bertz CT molecular complexity index is 533. The van der Waals surface area contributed by atoms with Crippen molar-refractivity contribution in [2.75, 3.05) is 19.4 Å². The summed E-state index contributed by atoms with van der Waals surface area (Å²) in [5.74, 6) is 0. The van der Waals surface area contributed by atoms with Crippen molar-refractivity contribution in [3.05, 3.63) is 49.0 Å². The molecule has 2 rings (SSSR count). The van der Waals surface area contributed by atoms with E-state index in [0.29, 0.717) is 0 Å². The van der Waals surface area contributed by atoms with E-state index in [1.807, 2.05) is 0 Å². The number of anilines is 1. The van der Waals surface area contributed by atoms with Crippen molar-refractivity contribution in [3.63, 3.8) is 0 Å². The van der Waals surface area contributed by atoms with Crippen LogP contribution < -0.4 is 5.32 Å². The van der Waals surface area contributed by atoms with Crippen LogP contribution in [0.3, 0.4) is 0 Å². The smallest absolute Gasteiger partial charge is 0.0843 e. The molecule has 0 spiro atoms. The first-order valence-electron chi connectivity index (χ1n) is 5.96. The lowest BCUT2D eigenvalue weighted by Gasteiger charge is -2.11. The van der Waals surface area contributed by atoms with Gasteiger partial charge in [0.25, 0.3) is 0 Å². The van der Waals surface area contributed by atoms with Gasteiger partial charge >= 0.3 is 0 Å². The van der Waals surface area contributed by atoms with Gasteiger partial charge in [0.15, 0.2) is 0 Å². The van der Waals surface area contributed by atoms with E-state index in [1.165, 1.54) is 16.1 Å². The number of hydrogen-bond donors (Lipinski definition) is 1. The molecule has 1 N–H and O–H groups in total. The molecule has 2 nitrogen and oxygen atoms in total.